The van der Waals surface area contributed by atoms with Crippen molar-refractivity contribution in [2.45, 2.75) is 30.9 Å². The van der Waals surface area contributed by atoms with Crippen molar-refractivity contribution in [1.82, 2.24) is 5.32 Å². The Kier molecular flexibility index (Phi) is 10.2. The molecular weight excluding hydrogens is 573 g/mol. The minimum Gasteiger partial charge on any atom is -0.325 e. The first-order chi connectivity index (χ1) is 20.1. The van der Waals surface area contributed by atoms with Crippen LogP contribution in [0, 0.1) is 19.7 Å². The van der Waals surface area contributed by atoms with Crippen LogP contribution in [0.25, 0.3) is 6.08 Å². The van der Waals surface area contributed by atoms with E-state index >= 15 is 0 Å². The van der Waals surface area contributed by atoms with Crippen molar-refractivity contribution in [3.63, 3.8) is 0 Å². The molecule has 9 heteroatoms. The fraction of sp³-hybridized carbons (Fsp3) is 0.121. The summed E-state index contributed by atoms with van der Waals surface area (Å²) in [6.45, 7) is 5.69. The zero-order chi connectivity index (χ0) is 30.2. The van der Waals surface area contributed by atoms with E-state index in [4.69, 9.17) is 11.6 Å². The highest BCUT2D eigenvalue weighted by atomic mass is 35.5. The Balaban J connectivity index is 1.52. The number of anilines is 2. The lowest BCUT2D eigenvalue weighted by atomic mass is 10.1. The first-order valence-corrected chi connectivity index (χ1v) is 14.4. The SMILES string of the molecule is Cc1cccc(C)c1NC(=O)C(C)Sc1cccc(NC(=O)/C(=C\c2c(F)cccc2Cl)NC(=O)c2ccccc2)c1. The normalized spacial score (nSPS) is 11.9. The number of benzene rings is 4. The Bertz CT molecular complexity index is 1620. The van der Waals surface area contributed by atoms with Crippen molar-refractivity contribution in [2.75, 3.05) is 10.6 Å². The van der Waals surface area contributed by atoms with Gasteiger partial charge in [0.15, 0.2) is 0 Å². The topological polar surface area (TPSA) is 87.3 Å². The van der Waals surface area contributed by atoms with E-state index in [1.165, 1.54) is 36.0 Å². The van der Waals surface area contributed by atoms with Crippen molar-refractivity contribution in [3.05, 3.63) is 130 Å². The number of hydrogen-bond donors (Lipinski definition) is 3. The smallest absolute Gasteiger partial charge is 0.272 e. The molecule has 0 heterocycles. The van der Waals surface area contributed by atoms with E-state index in [1.54, 1.807) is 55.5 Å². The summed E-state index contributed by atoms with van der Waals surface area (Å²) in [7, 11) is 0. The number of nitrogens with one attached hydrogen (secondary N) is 3. The average Bonchev–Trinajstić information content (AvgIpc) is 2.96. The Hall–Kier alpha value is -4.40. The molecular formula is C33H29ClFN3O3S. The largest absolute Gasteiger partial charge is 0.325 e. The number of carbonyl (C=O) groups is 3. The van der Waals surface area contributed by atoms with Gasteiger partial charge in [-0.3, -0.25) is 14.4 Å². The molecule has 3 N–H and O–H groups in total. The number of aryl methyl sites for hydroxylation is 2. The maximum Gasteiger partial charge on any atom is 0.272 e. The molecule has 0 spiro atoms. The van der Waals surface area contributed by atoms with E-state index in [9.17, 15) is 18.8 Å². The highest BCUT2D eigenvalue weighted by Crippen LogP contribution is 2.28. The van der Waals surface area contributed by atoms with E-state index < -0.39 is 22.9 Å². The number of halogens is 2. The molecule has 1 atom stereocenters. The predicted molar refractivity (Wildman–Crippen MR) is 168 cm³/mol. The van der Waals surface area contributed by atoms with Crippen LogP contribution in [0.15, 0.2) is 102 Å². The maximum atomic E-state index is 14.6. The van der Waals surface area contributed by atoms with E-state index in [-0.39, 0.29) is 22.2 Å². The number of para-hydroxylation sites is 1. The third-order valence-corrected chi connectivity index (χ3v) is 7.74. The van der Waals surface area contributed by atoms with Gasteiger partial charge in [0.05, 0.1) is 10.3 Å². The van der Waals surface area contributed by atoms with Crippen LogP contribution in [0.2, 0.25) is 5.02 Å². The second-order valence-electron chi connectivity index (χ2n) is 9.51. The van der Waals surface area contributed by atoms with Crippen LogP contribution in [0.1, 0.15) is 34.0 Å². The van der Waals surface area contributed by atoms with Crippen LogP contribution in [-0.4, -0.2) is 23.0 Å². The fourth-order valence-corrected chi connectivity index (χ4v) is 5.22. The number of carbonyl (C=O) groups excluding carboxylic acids is 3. The lowest BCUT2D eigenvalue weighted by molar-refractivity contribution is -0.115. The average molecular weight is 602 g/mol. The lowest BCUT2D eigenvalue weighted by Crippen LogP contribution is -2.30. The summed E-state index contributed by atoms with van der Waals surface area (Å²) in [5, 5.41) is 7.99. The summed E-state index contributed by atoms with van der Waals surface area (Å²) in [6, 6.07) is 25.3. The van der Waals surface area contributed by atoms with Crippen molar-refractivity contribution in [3.8, 4) is 0 Å². The van der Waals surface area contributed by atoms with Crippen LogP contribution in [0.3, 0.4) is 0 Å². The molecule has 0 aromatic heterocycles. The monoisotopic (exact) mass is 601 g/mol. The number of rotatable bonds is 9. The third-order valence-electron chi connectivity index (χ3n) is 6.32. The minimum atomic E-state index is -0.679. The molecule has 4 aromatic carbocycles. The molecule has 4 rings (SSSR count). The van der Waals surface area contributed by atoms with Crippen LogP contribution in [0.5, 0.6) is 0 Å². The standard InChI is InChI=1S/C33H29ClFN3O3S/c1-20-10-7-11-21(2)30(20)38-31(39)22(3)42-25-15-8-14-24(18-25)36-33(41)29(19-26-27(34)16-9-17-28(26)35)37-32(40)23-12-5-4-6-13-23/h4-19,22H,1-3H3,(H,36,41)(H,37,40)(H,38,39)/b29-19+. The maximum absolute atomic E-state index is 14.6. The molecule has 1 unspecified atom stereocenters. The van der Waals surface area contributed by atoms with Crippen molar-refractivity contribution < 1.29 is 18.8 Å². The first kappa shape index (κ1) is 30.6. The second-order valence-corrected chi connectivity index (χ2v) is 11.3. The Morgan fingerprint density at radius 1 is 0.857 bits per heavy atom. The van der Waals surface area contributed by atoms with Gasteiger partial charge in [-0.05, 0) is 80.4 Å². The van der Waals surface area contributed by atoms with Gasteiger partial charge in [-0.2, -0.15) is 0 Å². The van der Waals surface area contributed by atoms with Gasteiger partial charge in [0.25, 0.3) is 11.8 Å². The molecule has 0 aliphatic heterocycles. The molecule has 0 aliphatic carbocycles. The highest BCUT2D eigenvalue weighted by molar-refractivity contribution is 8.00. The number of thioether (sulfide) groups is 1. The first-order valence-electron chi connectivity index (χ1n) is 13.1. The zero-order valence-electron chi connectivity index (χ0n) is 23.2. The van der Waals surface area contributed by atoms with E-state index in [0.717, 1.165) is 21.7 Å². The van der Waals surface area contributed by atoms with Gasteiger partial charge in [0.2, 0.25) is 5.91 Å². The molecule has 6 nitrogen and oxygen atoms in total. The van der Waals surface area contributed by atoms with E-state index in [1.807, 2.05) is 38.1 Å². The van der Waals surface area contributed by atoms with Gasteiger partial charge in [-0.1, -0.05) is 60.1 Å². The molecule has 0 saturated heterocycles. The van der Waals surface area contributed by atoms with Gasteiger partial charge in [-0.25, -0.2) is 4.39 Å². The molecule has 214 valence electrons. The van der Waals surface area contributed by atoms with Gasteiger partial charge in [-0.15, -0.1) is 11.8 Å². The van der Waals surface area contributed by atoms with Crippen LogP contribution >= 0.6 is 23.4 Å². The predicted octanol–water partition coefficient (Wildman–Crippen LogP) is 7.62. The van der Waals surface area contributed by atoms with E-state index in [0.29, 0.717) is 11.3 Å². The molecule has 0 fully saturated rings. The molecule has 0 aliphatic rings. The number of hydrogen-bond acceptors (Lipinski definition) is 4. The lowest BCUT2D eigenvalue weighted by Gasteiger charge is -2.16. The van der Waals surface area contributed by atoms with Crippen molar-refractivity contribution in [2.24, 2.45) is 0 Å². The summed E-state index contributed by atoms with van der Waals surface area (Å²) in [6.07, 6.45) is 1.20. The summed E-state index contributed by atoms with van der Waals surface area (Å²) < 4.78 is 14.6. The summed E-state index contributed by atoms with van der Waals surface area (Å²) >= 11 is 7.52. The quantitative estimate of drug-likeness (QED) is 0.136. The van der Waals surface area contributed by atoms with E-state index in [2.05, 4.69) is 16.0 Å². The molecule has 0 radical (unpaired) electrons. The van der Waals surface area contributed by atoms with Crippen molar-refractivity contribution >= 4 is 58.5 Å². The molecule has 4 aromatic rings. The van der Waals surface area contributed by atoms with Crippen LogP contribution < -0.4 is 16.0 Å². The highest BCUT2D eigenvalue weighted by Gasteiger charge is 2.19. The Morgan fingerprint density at radius 3 is 2.21 bits per heavy atom. The van der Waals surface area contributed by atoms with Gasteiger partial charge < -0.3 is 16.0 Å². The second kappa shape index (κ2) is 14.0. The molecule has 42 heavy (non-hydrogen) atoms. The molecule has 3 amide bonds. The molecule has 0 saturated carbocycles. The van der Waals surface area contributed by atoms with Gasteiger partial charge >= 0.3 is 0 Å². The summed E-state index contributed by atoms with van der Waals surface area (Å²) in [5.74, 6) is -2.02. The third kappa shape index (κ3) is 7.87. The van der Waals surface area contributed by atoms with Crippen LogP contribution in [0.4, 0.5) is 15.8 Å². The fourth-order valence-electron chi connectivity index (χ4n) is 4.08. The Morgan fingerprint density at radius 2 is 1.52 bits per heavy atom. The summed E-state index contributed by atoms with van der Waals surface area (Å²) in [4.78, 5) is 39.9. The van der Waals surface area contributed by atoms with Gasteiger partial charge in [0, 0.05) is 27.4 Å². The van der Waals surface area contributed by atoms with Gasteiger partial charge in [0.1, 0.15) is 11.5 Å². The summed E-state index contributed by atoms with van der Waals surface area (Å²) in [5.41, 5.74) is 3.26. The van der Waals surface area contributed by atoms with Crippen LogP contribution in [-0.2, 0) is 9.59 Å². The van der Waals surface area contributed by atoms with Crippen molar-refractivity contribution in [1.29, 1.82) is 0 Å². The minimum absolute atomic E-state index is 0.0364. The molecule has 0 bridgehead atoms. The Labute approximate surface area is 253 Å². The number of amides is 3. The zero-order valence-corrected chi connectivity index (χ0v) is 24.8.